The molecule has 154 valence electrons. The van der Waals surface area contributed by atoms with Gasteiger partial charge < -0.3 is 19.5 Å². The van der Waals surface area contributed by atoms with E-state index in [-0.39, 0.29) is 24.7 Å². The van der Waals surface area contributed by atoms with E-state index in [2.05, 4.69) is 9.97 Å². The van der Waals surface area contributed by atoms with Crippen LogP contribution in [0.2, 0.25) is 0 Å². The number of hydrogen-bond donors (Lipinski definition) is 1. The van der Waals surface area contributed by atoms with Gasteiger partial charge in [-0.1, -0.05) is 12.1 Å². The first-order valence-corrected chi connectivity index (χ1v) is 9.61. The van der Waals surface area contributed by atoms with Crippen LogP contribution in [-0.4, -0.2) is 38.5 Å². The first-order valence-electron chi connectivity index (χ1n) is 9.61. The van der Waals surface area contributed by atoms with E-state index in [9.17, 15) is 14.7 Å². The summed E-state index contributed by atoms with van der Waals surface area (Å²) < 4.78 is 10.7. The number of hydrogen-bond acceptors (Lipinski definition) is 7. The number of ketones is 1. The number of aliphatic hydroxyl groups excluding tert-OH is 1. The molecule has 1 N–H and O–H groups in total. The van der Waals surface area contributed by atoms with Crippen LogP contribution in [0.1, 0.15) is 22.7 Å². The normalized spacial score (nSPS) is 19.1. The number of rotatable bonds is 4. The minimum atomic E-state index is -0.792. The Morgan fingerprint density at radius 1 is 1.03 bits per heavy atom. The summed E-state index contributed by atoms with van der Waals surface area (Å²) in [5.74, 6) is -0.712. The number of likely N-dealkylation sites (tertiary alicyclic amines) is 1. The molecule has 0 bridgehead atoms. The molecule has 2 aliphatic rings. The molecule has 2 aromatic heterocycles. The summed E-state index contributed by atoms with van der Waals surface area (Å²) in [6.45, 7) is 0.251. The lowest BCUT2D eigenvalue weighted by atomic mass is 9.96. The first kappa shape index (κ1) is 18.8. The molecule has 2 aliphatic heterocycles. The number of ether oxygens (including phenoxy) is 2. The summed E-state index contributed by atoms with van der Waals surface area (Å²) in [7, 11) is 0. The Morgan fingerprint density at radius 2 is 1.81 bits per heavy atom. The molecule has 1 aromatic carbocycles. The van der Waals surface area contributed by atoms with Crippen molar-refractivity contribution in [1.29, 1.82) is 0 Å². The molecule has 3 aromatic rings. The summed E-state index contributed by atoms with van der Waals surface area (Å²) in [6.07, 6.45) is 6.46. The van der Waals surface area contributed by atoms with E-state index < -0.39 is 17.7 Å². The number of aromatic nitrogens is 2. The molecule has 1 fully saturated rings. The van der Waals surface area contributed by atoms with Crippen LogP contribution < -0.4 is 9.47 Å². The van der Waals surface area contributed by atoms with Gasteiger partial charge in [-0.2, -0.15) is 0 Å². The predicted octanol–water partition coefficient (Wildman–Crippen LogP) is 2.83. The standard InChI is InChI=1S/C23H17N3O5/c27-21(15-5-6-17-18(9-15)31-13-30-17)19-20(16-4-2-8-25-11-16)26(23(29)22(19)28)12-14-3-1-7-24-10-14/h1-11,20,27H,12-13H2/b21-19+. The second-order valence-electron chi connectivity index (χ2n) is 7.14. The quantitative estimate of drug-likeness (QED) is 0.397. The molecule has 0 aliphatic carbocycles. The lowest BCUT2D eigenvalue weighted by Gasteiger charge is -2.25. The number of benzene rings is 1. The summed E-state index contributed by atoms with van der Waals surface area (Å²) in [6, 6.07) is 11.2. The highest BCUT2D eigenvalue weighted by Gasteiger charge is 2.46. The van der Waals surface area contributed by atoms with E-state index in [1.54, 1.807) is 61.2 Å². The van der Waals surface area contributed by atoms with Gasteiger partial charge in [0.25, 0.3) is 11.7 Å². The lowest BCUT2D eigenvalue weighted by molar-refractivity contribution is -0.140. The maximum absolute atomic E-state index is 13.0. The monoisotopic (exact) mass is 415 g/mol. The van der Waals surface area contributed by atoms with Crippen LogP contribution in [0, 0.1) is 0 Å². The maximum Gasteiger partial charge on any atom is 0.295 e. The van der Waals surface area contributed by atoms with Gasteiger partial charge >= 0.3 is 0 Å². The second kappa shape index (κ2) is 7.56. The van der Waals surface area contributed by atoms with Crippen molar-refractivity contribution < 1.29 is 24.2 Å². The van der Waals surface area contributed by atoms with Gasteiger partial charge in [-0.15, -0.1) is 0 Å². The molecule has 1 atom stereocenters. The molecular formula is C23H17N3O5. The second-order valence-corrected chi connectivity index (χ2v) is 7.14. The molecule has 0 saturated carbocycles. The Kier molecular flexibility index (Phi) is 4.59. The number of fused-ring (bicyclic) bond motifs is 1. The third-order valence-electron chi connectivity index (χ3n) is 5.26. The smallest absolute Gasteiger partial charge is 0.295 e. The van der Waals surface area contributed by atoms with Gasteiger partial charge in [0.15, 0.2) is 11.5 Å². The first-order chi connectivity index (χ1) is 15.1. The highest BCUT2D eigenvalue weighted by atomic mass is 16.7. The molecule has 1 unspecified atom stereocenters. The van der Waals surface area contributed by atoms with Crippen molar-refractivity contribution in [2.45, 2.75) is 12.6 Å². The van der Waals surface area contributed by atoms with Crippen LogP contribution in [0.15, 0.2) is 72.8 Å². The van der Waals surface area contributed by atoms with E-state index in [1.807, 2.05) is 6.07 Å². The summed E-state index contributed by atoms with van der Waals surface area (Å²) in [5.41, 5.74) is 1.74. The number of Topliss-reactive ketones (excluding diaryl/α,β-unsaturated/α-hetero) is 1. The van der Waals surface area contributed by atoms with E-state index in [4.69, 9.17) is 9.47 Å². The van der Waals surface area contributed by atoms with Gasteiger partial charge in [-0.25, -0.2) is 0 Å². The fourth-order valence-corrected chi connectivity index (χ4v) is 3.82. The van der Waals surface area contributed by atoms with Crippen LogP contribution >= 0.6 is 0 Å². The van der Waals surface area contributed by atoms with Crippen molar-refractivity contribution in [3.8, 4) is 11.5 Å². The average molecular weight is 415 g/mol. The molecule has 0 spiro atoms. The van der Waals surface area contributed by atoms with E-state index >= 15 is 0 Å². The highest BCUT2D eigenvalue weighted by molar-refractivity contribution is 6.46. The molecule has 1 saturated heterocycles. The van der Waals surface area contributed by atoms with Crippen molar-refractivity contribution in [3.63, 3.8) is 0 Å². The van der Waals surface area contributed by atoms with E-state index in [0.717, 1.165) is 5.56 Å². The molecule has 31 heavy (non-hydrogen) atoms. The summed E-state index contributed by atoms with van der Waals surface area (Å²) in [5, 5.41) is 11.1. The Bertz CT molecular complexity index is 1190. The maximum atomic E-state index is 13.0. The Morgan fingerprint density at radius 3 is 2.55 bits per heavy atom. The molecule has 5 rings (SSSR count). The molecule has 8 nitrogen and oxygen atoms in total. The lowest BCUT2D eigenvalue weighted by Crippen LogP contribution is -2.29. The van der Waals surface area contributed by atoms with E-state index in [1.165, 1.54) is 4.90 Å². The predicted molar refractivity (Wildman–Crippen MR) is 109 cm³/mol. The van der Waals surface area contributed by atoms with Crippen molar-refractivity contribution in [2.24, 2.45) is 0 Å². The van der Waals surface area contributed by atoms with Gasteiger partial charge in [0.2, 0.25) is 6.79 Å². The van der Waals surface area contributed by atoms with Crippen LogP contribution in [0.25, 0.3) is 5.76 Å². The Hall–Kier alpha value is -4.20. The molecular weight excluding hydrogens is 398 g/mol. The topological polar surface area (TPSA) is 102 Å². The zero-order valence-electron chi connectivity index (χ0n) is 16.3. The molecule has 4 heterocycles. The number of nitrogens with zero attached hydrogens (tertiary/aromatic N) is 3. The molecule has 8 heteroatoms. The fraction of sp³-hybridized carbons (Fsp3) is 0.130. The van der Waals surface area contributed by atoms with Gasteiger partial charge in [0.1, 0.15) is 5.76 Å². The van der Waals surface area contributed by atoms with Crippen LogP contribution in [-0.2, 0) is 16.1 Å². The van der Waals surface area contributed by atoms with Gasteiger partial charge in [0, 0.05) is 36.9 Å². The summed E-state index contributed by atoms with van der Waals surface area (Å²) in [4.78, 5) is 35.6. The Labute approximate surface area is 177 Å². The number of carbonyl (C=O) groups excluding carboxylic acids is 2. The van der Waals surface area contributed by atoms with Crippen molar-refractivity contribution in [2.75, 3.05) is 6.79 Å². The third kappa shape index (κ3) is 3.28. The average Bonchev–Trinajstić information content (AvgIpc) is 3.38. The van der Waals surface area contributed by atoms with E-state index in [0.29, 0.717) is 22.6 Å². The molecule has 1 amide bonds. The van der Waals surface area contributed by atoms with Crippen LogP contribution in [0.5, 0.6) is 11.5 Å². The van der Waals surface area contributed by atoms with Crippen molar-refractivity contribution >= 4 is 17.4 Å². The minimum absolute atomic E-state index is 0.000700. The van der Waals surface area contributed by atoms with Crippen molar-refractivity contribution in [1.82, 2.24) is 14.9 Å². The largest absolute Gasteiger partial charge is 0.507 e. The molecule has 0 radical (unpaired) electrons. The van der Waals surface area contributed by atoms with Gasteiger partial charge in [-0.3, -0.25) is 19.6 Å². The zero-order chi connectivity index (χ0) is 21.4. The fourth-order valence-electron chi connectivity index (χ4n) is 3.82. The van der Waals surface area contributed by atoms with Gasteiger partial charge in [0.05, 0.1) is 11.6 Å². The number of carbonyl (C=O) groups is 2. The highest BCUT2D eigenvalue weighted by Crippen LogP contribution is 2.41. The number of pyridine rings is 2. The van der Waals surface area contributed by atoms with Crippen LogP contribution in [0.3, 0.4) is 0 Å². The van der Waals surface area contributed by atoms with Gasteiger partial charge in [-0.05, 0) is 41.5 Å². The number of amides is 1. The van der Waals surface area contributed by atoms with Crippen LogP contribution in [0.4, 0.5) is 0 Å². The summed E-state index contributed by atoms with van der Waals surface area (Å²) >= 11 is 0. The number of aliphatic hydroxyl groups is 1. The third-order valence-corrected chi connectivity index (χ3v) is 5.26. The van der Waals surface area contributed by atoms with Crippen molar-refractivity contribution in [3.05, 3.63) is 89.5 Å². The minimum Gasteiger partial charge on any atom is -0.507 e. The SMILES string of the molecule is O=C1C(=O)N(Cc2cccnc2)C(c2cccnc2)/C1=C(\O)c1ccc2c(c1)OCO2. The Balaban J connectivity index is 1.63. The zero-order valence-corrected chi connectivity index (χ0v) is 16.3.